The van der Waals surface area contributed by atoms with E-state index in [2.05, 4.69) is 10.6 Å². The number of hydrogen-bond acceptors (Lipinski definition) is 5. The summed E-state index contributed by atoms with van der Waals surface area (Å²) in [7, 11) is -3.80. The largest absolute Gasteiger partial charge is 0.354 e. The fourth-order valence-electron chi connectivity index (χ4n) is 2.55. The lowest BCUT2D eigenvalue weighted by Crippen LogP contribution is -2.49. The van der Waals surface area contributed by atoms with Crippen LogP contribution in [0.2, 0.25) is 0 Å². The molecule has 1 heterocycles. The van der Waals surface area contributed by atoms with Crippen LogP contribution in [0, 0.1) is 5.92 Å². The van der Waals surface area contributed by atoms with Crippen molar-refractivity contribution in [2.24, 2.45) is 11.7 Å². The Bertz CT molecular complexity index is 754. The number of sulfonamides is 1. The molecule has 1 aliphatic heterocycles. The molecule has 1 aromatic carbocycles. The first-order valence-electron chi connectivity index (χ1n) is 8.13. The van der Waals surface area contributed by atoms with Crippen molar-refractivity contribution in [1.29, 1.82) is 0 Å². The van der Waals surface area contributed by atoms with Crippen LogP contribution in [0.15, 0.2) is 29.2 Å². The van der Waals surface area contributed by atoms with Crippen LogP contribution >= 0.6 is 12.4 Å². The molecule has 0 bridgehead atoms. The smallest absolute Gasteiger partial charge is 0.243 e. The predicted molar refractivity (Wildman–Crippen MR) is 102 cm³/mol. The number of piperazine rings is 1. The van der Waals surface area contributed by atoms with E-state index < -0.39 is 16.1 Å². The number of anilines is 1. The summed E-state index contributed by atoms with van der Waals surface area (Å²) >= 11 is 0. The highest BCUT2D eigenvalue weighted by Crippen LogP contribution is 2.20. The second-order valence-corrected chi connectivity index (χ2v) is 8.38. The van der Waals surface area contributed by atoms with Gasteiger partial charge < -0.3 is 16.4 Å². The Morgan fingerprint density at radius 1 is 1.38 bits per heavy atom. The molecule has 0 saturated carbocycles. The number of carbonyl (C=O) groups excluding carboxylic acids is 2. The summed E-state index contributed by atoms with van der Waals surface area (Å²) in [6.07, 6.45) is 0.534. The maximum atomic E-state index is 12.7. The lowest BCUT2D eigenvalue weighted by molar-refractivity contribution is -0.122. The molecule has 0 radical (unpaired) electrons. The first kappa shape index (κ1) is 22.4. The number of amides is 2. The Hall–Kier alpha value is -1.68. The van der Waals surface area contributed by atoms with Gasteiger partial charge in [0.25, 0.3) is 0 Å². The van der Waals surface area contributed by atoms with E-state index >= 15 is 0 Å². The van der Waals surface area contributed by atoms with E-state index in [4.69, 9.17) is 5.73 Å². The van der Waals surface area contributed by atoms with Gasteiger partial charge in [0.05, 0.1) is 17.5 Å². The third-order valence-corrected chi connectivity index (χ3v) is 5.65. The quantitative estimate of drug-likeness (QED) is 0.638. The summed E-state index contributed by atoms with van der Waals surface area (Å²) in [5, 5.41) is 5.23. The Morgan fingerprint density at radius 3 is 2.69 bits per heavy atom. The Balaban J connectivity index is 0.00000338. The molecule has 2 rings (SSSR count). The molecular formula is C16H25ClN4O4S. The molecule has 1 aliphatic rings. The van der Waals surface area contributed by atoms with E-state index in [0.29, 0.717) is 12.1 Å². The van der Waals surface area contributed by atoms with Gasteiger partial charge in [-0.25, -0.2) is 8.42 Å². The summed E-state index contributed by atoms with van der Waals surface area (Å²) in [6.45, 7) is 4.21. The van der Waals surface area contributed by atoms with E-state index in [-0.39, 0.29) is 54.7 Å². The number of nitrogens with one attached hydrogen (secondary N) is 2. The second kappa shape index (κ2) is 9.31. The van der Waals surface area contributed by atoms with Gasteiger partial charge in [0, 0.05) is 18.8 Å². The Morgan fingerprint density at radius 2 is 2.08 bits per heavy atom. The number of benzene rings is 1. The van der Waals surface area contributed by atoms with Crippen LogP contribution in [-0.4, -0.2) is 50.2 Å². The molecule has 8 nitrogen and oxygen atoms in total. The van der Waals surface area contributed by atoms with Crippen molar-refractivity contribution in [3.8, 4) is 0 Å². The highest BCUT2D eigenvalue weighted by molar-refractivity contribution is 7.89. The summed E-state index contributed by atoms with van der Waals surface area (Å²) in [5.41, 5.74) is 6.19. The minimum absolute atomic E-state index is 0. The Kier molecular flexibility index (Phi) is 8.01. The third-order valence-electron chi connectivity index (χ3n) is 3.80. The van der Waals surface area contributed by atoms with Gasteiger partial charge in [0.15, 0.2) is 0 Å². The maximum Gasteiger partial charge on any atom is 0.243 e. The van der Waals surface area contributed by atoms with Crippen LogP contribution in [0.5, 0.6) is 0 Å². The van der Waals surface area contributed by atoms with Gasteiger partial charge in [-0.15, -0.1) is 12.4 Å². The highest BCUT2D eigenvalue weighted by atomic mass is 35.5. The molecule has 10 heteroatoms. The van der Waals surface area contributed by atoms with E-state index in [1.54, 1.807) is 12.1 Å². The van der Waals surface area contributed by atoms with Crippen LogP contribution in [-0.2, 0) is 19.6 Å². The number of nitrogens with zero attached hydrogens (tertiary/aromatic N) is 1. The van der Waals surface area contributed by atoms with Crippen LogP contribution in [0.4, 0.5) is 5.69 Å². The second-order valence-electron chi connectivity index (χ2n) is 6.44. The van der Waals surface area contributed by atoms with Gasteiger partial charge in [-0.05, 0) is 30.5 Å². The molecule has 4 N–H and O–H groups in total. The van der Waals surface area contributed by atoms with E-state index in [1.807, 2.05) is 13.8 Å². The molecule has 26 heavy (non-hydrogen) atoms. The summed E-state index contributed by atoms with van der Waals surface area (Å²) in [5.74, 6) is -0.419. The van der Waals surface area contributed by atoms with Gasteiger partial charge in [-0.2, -0.15) is 4.31 Å². The van der Waals surface area contributed by atoms with E-state index in [0.717, 1.165) is 4.31 Å². The molecule has 1 saturated heterocycles. The first-order valence-corrected chi connectivity index (χ1v) is 9.57. The molecule has 0 spiro atoms. The minimum atomic E-state index is -3.80. The van der Waals surface area contributed by atoms with Gasteiger partial charge in [0.1, 0.15) is 0 Å². The zero-order chi connectivity index (χ0) is 18.6. The predicted octanol–water partition coefficient (Wildman–Crippen LogP) is 0.541. The molecule has 1 aromatic rings. The molecule has 0 unspecified atom stereocenters. The van der Waals surface area contributed by atoms with Crippen LogP contribution in [0.3, 0.4) is 0 Å². The summed E-state index contributed by atoms with van der Waals surface area (Å²) in [4.78, 5) is 23.6. The van der Waals surface area contributed by atoms with E-state index in [9.17, 15) is 18.0 Å². The summed E-state index contributed by atoms with van der Waals surface area (Å²) in [6, 6.07) is 5.29. The number of nitrogens with two attached hydrogens (primary N) is 1. The van der Waals surface area contributed by atoms with Crippen molar-refractivity contribution in [2.45, 2.75) is 31.2 Å². The van der Waals surface area contributed by atoms with Crippen molar-refractivity contribution < 1.29 is 18.0 Å². The van der Waals surface area contributed by atoms with Crippen LogP contribution in [0.1, 0.15) is 20.3 Å². The minimum Gasteiger partial charge on any atom is -0.354 e. The fraction of sp³-hybridized carbons (Fsp3) is 0.500. The number of carbonyl (C=O) groups is 2. The highest BCUT2D eigenvalue weighted by Gasteiger charge is 2.29. The van der Waals surface area contributed by atoms with Gasteiger partial charge >= 0.3 is 0 Å². The van der Waals surface area contributed by atoms with Gasteiger partial charge in [0.2, 0.25) is 21.8 Å². The first-order chi connectivity index (χ1) is 11.7. The van der Waals surface area contributed by atoms with E-state index in [1.165, 1.54) is 12.1 Å². The lowest BCUT2D eigenvalue weighted by Gasteiger charge is -2.26. The topological polar surface area (TPSA) is 122 Å². The standard InChI is InChI=1S/C16H24N4O4S.ClH/c1-11(2)8-14(17)16(22)19-12-4-3-5-13(9-12)25(23,24)20-7-6-18-15(21)10-20;/h3-5,9,11,14H,6-8,10,17H2,1-2H3,(H,18,21)(H,19,22);1H/t14-;/m0./s1. The van der Waals surface area contributed by atoms with Crippen molar-refractivity contribution in [1.82, 2.24) is 9.62 Å². The zero-order valence-corrected chi connectivity index (χ0v) is 16.4. The third kappa shape index (κ3) is 5.66. The molecule has 0 aromatic heterocycles. The van der Waals surface area contributed by atoms with Crippen LogP contribution < -0.4 is 16.4 Å². The molecular weight excluding hydrogens is 380 g/mol. The van der Waals surface area contributed by atoms with Crippen LogP contribution in [0.25, 0.3) is 0 Å². The molecule has 2 amide bonds. The lowest BCUT2D eigenvalue weighted by atomic mass is 10.0. The SMILES string of the molecule is CC(C)C[C@H](N)C(=O)Nc1cccc(S(=O)(=O)N2CCNC(=O)C2)c1.Cl. The maximum absolute atomic E-state index is 12.7. The zero-order valence-electron chi connectivity index (χ0n) is 14.8. The fourth-order valence-corrected chi connectivity index (χ4v) is 4.00. The molecule has 1 atom stereocenters. The van der Waals surface area contributed by atoms with Gasteiger partial charge in [-0.3, -0.25) is 9.59 Å². The number of hydrogen-bond donors (Lipinski definition) is 3. The molecule has 1 fully saturated rings. The Labute approximate surface area is 160 Å². The number of rotatable bonds is 6. The van der Waals surface area contributed by atoms with Crippen molar-refractivity contribution in [3.63, 3.8) is 0 Å². The van der Waals surface area contributed by atoms with Crippen molar-refractivity contribution in [3.05, 3.63) is 24.3 Å². The average Bonchev–Trinajstić information content (AvgIpc) is 2.54. The average molecular weight is 405 g/mol. The summed E-state index contributed by atoms with van der Waals surface area (Å²) < 4.78 is 26.4. The monoisotopic (exact) mass is 404 g/mol. The number of halogens is 1. The normalized spacial score (nSPS) is 16.5. The van der Waals surface area contributed by atoms with Gasteiger partial charge in [-0.1, -0.05) is 19.9 Å². The van der Waals surface area contributed by atoms with Crippen molar-refractivity contribution in [2.75, 3.05) is 25.0 Å². The molecule has 0 aliphatic carbocycles. The van der Waals surface area contributed by atoms with Crippen molar-refractivity contribution >= 4 is 39.9 Å². The molecule has 146 valence electrons.